The quantitative estimate of drug-likeness (QED) is 0.138. The lowest BCUT2D eigenvalue weighted by Crippen LogP contribution is -2.34. The van der Waals surface area contributed by atoms with Crippen molar-refractivity contribution in [2.24, 2.45) is 53.6 Å². The Morgan fingerprint density at radius 2 is 0.966 bits per heavy atom. The number of nitrogens with zero attached hydrogens (tertiary/aromatic N) is 7. The third-order valence-electron chi connectivity index (χ3n) is 20.1. The zero-order chi connectivity index (χ0) is 62.6. The van der Waals surface area contributed by atoms with Gasteiger partial charge in [-0.05, 0) is 154 Å². The van der Waals surface area contributed by atoms with E-state index in [1.807, 2.05) is 80.3 Å². The van der Waals surface area contributed by atoms with E-state index in [1.165, 1.54) is 14.2 Å². The van der Waals surface area contributed by atoms with Gasteiger partial charge >= 0.3 is 11.9 Å². The molecule has 0 unspecified atom stereocenters. The molecule has 89 heavy (non-hydrogen) atoms. The van der Waals surface area contributed by atoms with Gasteiger partial charge in [0.2, 0.25) is 0 Å². The summed E-state index contributed by atoms with van der Waals surface area (Å²) in [5.74, 6) is -0.785. The number of aliphatic hydroxyl groups excluding tert-OH is 2. The Morgan fingerprint density at radius 3 is 1.44 bits per heavy atom. The van der Waals surface area contributed by atoms with Crippen LogP contribution in [-0.2, 0) is 30.4 Å². The van der Waals surface area contributed by atoms with Gasteiger partial charge in [-0.3, -0.25) is 14.4 Å². The molecular weight excluding hydrogens is 1110 g/mol. The maximum Gasteiger partial charge on any atom is 0.305 e. The van der Waals surface area contributed by atoms with Gasteiger partial charge in [0.15, 0.2) is 0 Å². The first-order valence-corrected chi connectivity index (χ1v) is 31.2. The highest BCUT2D eigenvalue weighted by Gasteiger charge is 2.44. The second-order valence-corrected chi connectivity index (χ2v) is 25.0. The maximum atomic E-state index is 16.5. The third kappa shape index (κ3) is 9.86. The van der Waals surface area contributed by atoms with Crippen molar-refractivity contribution in [1.29, 1.82) is 0 Å². The molecule has 4 N–H and O–H groups in total. The summed E-state index contributed by atoms with van der Waals surface area (Å²) >= 11 is 0. The van der Waals surface area contributed by atoms with Gasteiger partial charge in [0.25, 0.3) is 5.91 Å². The number of esters is 2. The lowest BCUT2D eigenvalue weighted by atomic mass is 9.86. The van der Waals surface area contributed by atoms with Crippen molar-refractivity contribution in [3.8, 4) is 0 Å². The minimum Gasteiger partial charge on any atom is -0.511 e. The van der Waals surface area contributed by atoms with E-state index in [-0.39, 0.29) is 79.0 Å². The molecule has 10 aliphatic heterocycles. The Labute approximate surface area is 519 Å². The van der Waals surface area contributed by atoms with Crippen LogP contribution in [0.2, 0.25) is 0 Å². The van der Waals surface area contributed by atoms with Gasteiger partial charge in [-0.2, -0.15) is 0 Å². The maximum absolute atomic E-state index is 16.5. The highest BCUT2D eigenvalue weighted by Crippen LogP contribution is 2.49. The van der Waals surface area contributed by atoms with Crippen LogP contribution in [-0.4, -0.2) is 88.0 Å². The second kappa shape index (κ2) is 22.7. The number of benzene rings is 1. The number of hydrogen-bond acceptors (Lipinski definition) is 15. The van der Waals surface area contributed by atoms with Crippen LogP contribution in [0.5, 0.6) is 0 Å². The van der Waals surface area contributed by atoms with Crippen LogP contribution in [0.3, 0.4) is 0 Å². The summed E-state index contributed by atoms with van der Waals surface area (Å²) in [4.78, 5) is 76.1. The fourth-order valence-electron chi connectivity index (χ4n) is 14.8. The first-order chi connectivity index (χ1) is 42.8. The number of nitrogens with one attached hydrogen (secondary N) is 2. The Balaban J connectivity index is 0.959. The van der Waals surface area contributed by atoms with Gasteiger partial charge in [0, 0.05) is 113 Å². The Bertz CT molecular complexity index is 4280. The number of rotatable bonds is 13. The summed E-state index contributed by atoms with van der Waals surface area (Å²) in [7, 11) is 2.82. The second-order valence-electron chi connectivity index (χ2n) is 25.0. The van der Waals surface area contributed by atoms with Crippen molar-refractivity contribution >= 4 is 52.1 Å². The molecule has 4 atom stereocenters. The van der Waals surface area contributed by atoms with E-state index in [2.05, 4.69) is 71.3 Å². The Morgan fingerprint density at radius 1 is 0.539 bits per heavy atom. The SMILES string of the molecule is CCC1=C(C)C2=NC1=CC1=C(C)C3=C(O)CC(=C4NC(=CC5=NC(=C2)C(CN(Cc2ccccc2)C(=O)C2=C(C)C6=NC2=CC2=NC(=CC7=C(C)C8=C(O)CC(=C9NC(=C6)[C@@H](C)[C@@H]9CCC(=O)OC)C8=N7)C(CC)=C2C)=C5C)[C@@H](C)[C@@H]4CCC(=O)OC)C3=N1. The molecule has 2 aliphatic carbocycles. The summed E-state index contributed by atoms with van der Waals surface area (Å²) in [6, 6.07) is 10.0. The van der Waals surface area contributed by atoms with Crippen LogP contribution < -0.4 is 10.6 Å². The molecule has 10 heterocycles. The smallest absolute Gasteiger partial charge is 0.305 e. The van der Waals surface area contributed by atoms with Crippen molar-refractivity contribution in [2.75, 3.05) is 20.8 Å². The topological polar surface area (TPSA) is 212 Å². The lowest BCUT2D eigenvalue weighted by Gasteiger charge is -2.26. The standard InChI is InChI=1S/C73H75N9O7/c1-13-43-34(3)51-28-60-49(38(7)50(76-60)26-53-36(5)45(20-22-64(85)88-11)69(78-53)47-24-62(83)67-40(9)56(80-71(47)67)29-58(43)74-51)33-82(32-42-18-16-15-17-19-42)73(87)66-39(8)55-27-54-37(6)46(21-23-65(86)89-12)70(79-54)48-25-63(84)68-41(10)57(81-72(48)68)30-59-44(14-2)35(4)52(75-59)31-61(66)77-55/h15-19,26-31,36-37,45-46,78-79,83-84H,13-14,20-25,32-33H2,1-12H3/t36-,37-,45-,46-/m0/s1. The fourth-order valence-corrected chi connectivity index (χ4v) is 14.8. The van der Waals surface area contributed by atoms with Crippen molar-refractivity contribution in [1.82, 2.24) is 15.5 Å². The highest BCUT2D eigenvalue weighted by molar-refractivity contribution is 6.24. The van der Waals surface area contributed by atoms with E-state index in [1.54, 1.807) is 0 Å². The molecule has 16 bridgehead atoms. The van der Waals surface area contributed by atoms with E-state index < -0.39 is 0 Å². The number of ether oxygens (including phenoxy) is 2. The van der Waals surface area contributed by atoms with Gasteiger partial charge in [-0.25, -0.2) is 30.0 Å². The largest absolute Gasteiger partial charge is 0.511 e. The van der Waals surface area contributed by atoms with Gasteiger partial charge in [-0.1, -0.05) is 58.0 Å². The number of allylic oxidation sites excluding steroid dienone is 22. The van der Waals surface area contributed by atoms with Crippen LogP contribution in [0.25, 0.3) is 0 Å². The van der Waals surface area contributed by atoms with Gasteiger partial charge < -0.3 is 35.2 Å². The molecule has 454 valence electrons. The first-order valence-electron chi connectivity index (χ1n) is 31.2. The molecule has 0 saturated carbocycles. The minimum absolute atomic E-state index is 0.0908. The molecule has 16 nitrogen and oxygen atoms in total. The Hall–Kier alpha value is -9.31. The molecule has 16 heteroatoms. The number of hydrogen-bond donors (Lipinski definition) is 4. The van der Waals surface area contributed by atoms with E-state index in [0.29, 0.717) is 66.1 Å². The average Bonchev–Trinajstić information content (AvgIpc) is 1.62. The normalized spacial score (nSPS) is 24.1. The number of aliphatic imine (C=N–C) groups is 6. The zero-order valence-corrected chi connectivity index (χ0v) is 52.8. The van der Waals surface area contributed by atoms with E-state index >= 15 is 4.79 Å². The van der Waals surface area contributed by atoms with Crippen molar-refractivity contribution in [3.05, 3.63) is 219 Å². The first kappa shape index (κ1) is 58.7. The minimum atomic E-state index is -0.302. The monoisotopic (exact) mass is 1190 g/mol. The van der Waals surface area contributed by atoms with E-state index in [9.17, 15) is 19.8 Å². The van der Waals surface area contributed by atoms with Crippen LogP contribution in [0.1, 0.15) is 126 Å². The van der Waals surface area contributed by atoms with Crippen LogP contribution in [0, 0.1) is 23.7 Å². The molecule has 2 fully saturated rings. The number of carbonyl (C=O) groups is 3. The van der Waals surface area contributed by atoms with Crippen molar-refractivity contribution < 1.29 is 34.1 Å². The predicted octanol–water partition coefficient (Wildman–Crippen LogP) is 13.3. The molecule has 0 aromatic heterocycles. The fraction of sp³-hybridized carbons (Fsp3) is 0.356. The molecular formula is C73H75N9O7. The molecule has 1 amide bonds. The van der Waals surface area contributed by atoms with Gasteiger partial charge in [0.1, 0.15) is 11.5 Å². The number of methoxy groups -OCH3 is 2. The molecule has 1 aromatic rings. The summed E-state index contributed by atoms with van der Waals surface area (Å²) in [6.07, 6.45) is 15.6. The van der Waals surface area contributed by atoms with Gasteiger partial charge in [-0.15, -0.1) is 0 Å². The molecule has 1 aromatic carbocycles. The molecule has 2 saturated heterocycles. The van der Waals surface area contributed by atoms with Crippen LogP contribution in [0.4, 0.5) is 0 Å². The van der Waals surface area contributed by atoms with E-state index in [4.69, 9.17) is 39.4 Å². The van der Waals surface area contributed by atoms with Crippen molar-refractivity contribution in [2.45, 2.75) is 127 Å². The van der Waals surface area contributed by atoms with E-state index in [0.717, 1.165) is 147 Å². The summed E-state index contributed by atoms with van der Waals surface area (Å²) in [5, 5.41) is 31.0. The number of amides is 1. The Kier molecular flexibility index (Phi) is 15.0. The summed E-state index contributed by atoms with van der Waals surface area (Å²) in [5.41, 5.74) is 25.1. The molecule has 0 spiro atoms. The van der Waals surface area contributed by atoms with Crippen LogP contribution >= 0.6 is 0 Å². The van der Waals surface area contributed by atoms with Gasteiger partial charge in [0.05, 0.1) is 88.2 Å². The third-order valence-corrected chi connectivity index (χ3v) is 20.1. The number of fused-ring (bicyclic) bond motifs is 10. The highest BCUT2D eigenvalue weighted by atomic mass is 16.5. The molecule has 12 aliphatic rings. The van der Waals surface area contributed by atoms with Crippen molar-refractivity contribution in [3.63, 3.8) is 0 Å². The number of carbonyl (C=O) groups excluding carboxylic acids is 3. The lowest BCUT2D eigenvalue weighted by molar-refractivity contribution is -0.141. The predicted molar refractivity (Wildman–Crippen MR) is 348 cm³/mol. The number of aliphatic hydroxyl groups is 2. The molecule has 13 rings (SSSR count). The zero-order valence-electron chi connectivity index (χ0n) is 52.8. The van der Waals surface area contributed by atoms with Crippen LogP contribution in [0.15, 0.2) is 243 Å². The molecule has 0 radical (unpaired) electrons. The summed E-state index contributed by atoms with van der Waals surface area (Å²) in [6.45, 7) is 21.2. The summed E-state index contributed by atoms with van der Waals surface area (Å²) < 4.78 is 10.3. The average molecular weight is 1190 g/mol.